The van der Waals surface area contributed by atoms with Crippen molar-refractivity contribution < 1.29 is 14.3 Å². The van der Waals surface area contributed by atoms with Crippen molar-refractivity contribution in [2.45, 2.75) is 90.0 Å². The molecule has 0 amide bonds. The number of likely N-dealkylation sites (tertiary alicyclic amines) is 1. The number of aromatic nitrogens is 4. The summed E-state index contributed by atoms with van der Waals surface area (Å²) in [5, 5.41) is 6.75. The molecule has 48 heavy (non-hydrogen) atoms. The Bertz CT molecular complexity index is 2010. The number of hydrogen-bond acceptors (Lipinski definition) is 8. The second kappa shape index (κ2) is 12.3. The van der Waals surface area contributed by atoms with Gasteiger partial charge in [0, 0.05) is 22.1 Å². The molecule has 0 unspecified atom stereocenters. The topological polar surface area (TPSA) is 82.4 Å². The Morgan fingerprint density at radius 3 is 2.38 bits per heavy atom. The summed E-state index contributed by atoms with van der Waals surface area (Å²) < 4.78 is 15.1. The summed E-state index contributed by atoms with van der Waals surface area (Å²) in [6.45, 7) is 13.5. The average Bonchev–Trinajstić information content (AvgIpc) is 3.67. The molecular weight excluding hydrogens is 642 g/mol. The van der Waals surface area contributed by atoms with E-state index in [-0.39, 0.29) is 5.78 Å². The van der Waals surface area contributed by atoms with Crippen LogP contribution in [0, 0.1) is 6.92 Å². The van der Waals surface area contributed by atoms with Crippen molar-refractivity contribution in [3.63, 3.8) is 0 Å². The van der Waals surface area contributed by atoms with E-state index in [1.165, 1.54) is 12.8 Å². The number of thiazole rings is 1. The number of hydrogen-bond donors (Lipinski definition) is 0. The van der Waals surface area contributed by atoms with Crippen molar-refractivity contribution in [2.75, 3.05) is 26.3 Å². The molecule has 8 nitrogen and oxygen atoms in total. The van der Waals surface area contributed by atoms with Gasteiger partial charge >= 0.3 is 0 Å². The Kier molecular flexibility index (Phi) is 8.19. The minimum absolute atomic E-state index is 0.0356. The fourth-order valence-electron chi connectivity index (χ4n) is 7.27. The highest BCUT2D eigenvalue weighted by atomic mass is 35.5. The molecule has 3 aliphatic rings. The second-order valence-electron chi connectivity index (χ2n) is 14.7. The fraction of sp³-hybridized carbons (Fsp3) is 0.474. The summed E-state index contributed by atoms with van der Waals surface area (Å²) in [5.41, 5.74) is 8.24. The molecule has 8 rings (SSSR count). The van der Waals surface area contributed by atoms with Gasteiger partial charge in [0.15, 0.2) is 5.78 Å². The number of nitrogens with zero attached hydrogens (tertiary/aromatic N) is 5. The van der Waals surface area contributed by atoms with Gasteiger partial charge < -0.3 is 9.47 Å². The number of aryl methyl sites for hydroxylation is 1. The van der Waals surface area contributed by atoms with Gasteiger partial charge in [0.2, 0.25) is 0 Å². The lowest BCUT2D eigenvalue weighted by Gasteiger charge is -2.41. The van der Waals surface area contributed by atoms with Crippen LogP contribution in [0.1, 0.15) is 88.3 Å². The number of Topliss-reactive ketones (excluding diaryl/α,β-unsaturated/α-hetero) is 1. The Labute approximate surface area is 290 Å². The number of carbonyl (C=O) groups excluding carboxylic acids is 1. The smallest absolute Gasteiger partial charge is 0.163 e. The minimum atomic E-state index is -0.723. The predicted octanol–water partition coefficient (Wildman–Crippen LogP) is 8.70. The van der Waals surface area contributed by atoms with Crippen LogP contribution in [-0.2, 0) is 14.3 Å². The monoisotopic (exact) mass is 683 g/mol. The summed E-state index contributed by atoms with van der Waals surface area (Å²) in [5.74, 6) is 0.349. The first-order valence-electron chi connectivity index (χ1n) is 17.1. The lowest BCUT2D eigenvalue weighted by Crippen LogP contribution is -2.51. The molecular formula is C38H42ClN5O3S. The molecule has 1 aliphatic carbocycles. The number of piperidine rings is 1. The first-order valence-corrected chi connectivity index (χ1v) is 18.3. The van der Waals surface area contributed by atoms with Gasteiger partial charge in [0.1, 0.15) is 16.6 Å². The number of fused-ring (bicyclic) bond motifs is 2. The first-order chi connectivity index (χ1) is 23.0. The highest BCUT2D eigenvalue weighted by Crippen LogP contribution is 2.45. The molecule has 2 saturated heterocycles. The van der Waals surface area contributed by atoms with E-state index in [0.29, 0.717) is 23.0 Å². The molecule has 5 aromatic rings. The zero-order valence-corrected chi connectivity index (χ0v) is 29.8. The molecule has 0 spiro atoms. The molecule has 250 valence electrons. The Morgan fingerprint density at radius 1 is 1.02 bits per heavy atom. The van der Waals surface area contributed by atoms with Crippen LogP contribution in [0.5, 0.6) is 0 Å². The lowest BCUT2D eigenvalue weighted by molar-refractivity contribution is -0.138. The molecule has 2 aliphatic heterocycles. The van der Waals surface area contributed by atoms with E-state index >= 15 is 0 Å². The molecule has 3 aromatic heterocycles. The van der Waals surface area contributed by atoms with Crippen LogP contribution in [-0.4, -0.2) is 68.4 Å². The molecule has 0 radical (unpaired) electrons. The van der Waals surface area contributed by atoms with E-state index in [0.717, 1.165) is 99.0 Å². The maximum atomic E-state index is 13.2. The Hall–Kier alpha value is -3.21. The fourth-order valence-corrected chi connectivity index (χ4v) is 8.49. The summed E-state index contributed by atoms with van der Waals surface area (Å²) in [6.07, 6.45) is 3.79. The average molecular weight is 684 g/mol. The van der Waals surface area contributed by atoms with Gasteiger partial charge in [-0.3, -0.25) is 14.4 Å². The summed E-state index contributed by atoms with van der Waals surface area (Å²) in [7, 11) is 0. The van der Waals surface area contributed by atoms with E-state index in [9.17, 15) is 4.79 Å². The number of pyridine rings is 1. The van der Waals surface area contributed by atoms with E-state index < -0.39 is 11.7 Å². The molecule has 10 heteroatoms. The summed E-state index contributed by atoms with van der Waals surface area (Å²) in [6, 6.07) is 15.2. The SMILES string of the molecule is CC(=O)[C@@H](OC(C)(C)C)c1c(C)cc2nc(-c3ccc4c(n3)c(C3CCN(C5COC5)CC3)nn4C3CC3)sc2c1-c1ccc(Cl)cc1. The van der Waals surface area contributed by atoms with Gasteiger partial charge in [0.25, 0.3) is 0 Å². The zero-order chi connectivity index (χ0) is 33.3. The molecule has 0 N–H and O–H groups in total. The van der Waals surface area contributed by atoms with Gasteiger partial charge in [-0.2, -0.15) is 5.10 Å². The number of carbonyl (C=O) groups is 1. The standard InChI is InChI=1S/C38H42ClN5O3S/c1-21-18-29-36(32(23-6-8-25(39)9-7-23)31(21)35(22(2)45)47-38(3,4)5)48-37(41-29)28-12-13-30-34(40-28)33(42-44(30)26-10-11-26)24-14-16-43(17-15-24)27-19-46-20-27/h6-9,12-13,18,24,26-27,35H,10-11,14-17,19-20H2,1-5H3/t35-/m1/s1. The van der Waals surface area contributed by atoms with Crippen molar-refractivity contribution >= 4 is 50.0 Å². The molecule has 3 fully saturated rings. The number of rotatable bonds is 8. The first kappa shape index (κ1) is 32.0. The highest BCUT2D eigenvalue weighted by Gasteiger charge is 2.35. The van der Waals surface area contributed by atoms with Gasteiger partial charge in [-0.05, 0) is 115 Å². The van der Waals surface area contributed by atoms with E-state index in [2.05, 4.69) is 27.8 Å². The van der Waals surface area contributed by atoms with Crippen LogP contribution in [0.15, 0.2) is 42.5 Å². The van der Waals surface area contributed by atoms with Crippen molar-refractivity contribution in [3.05, 3.63) is 64.3 Å². The van der Waals surface area contributed by atoms with E-state index in [1.807, 2.05) is 52.0 Å². The summed E-state index contributed by atoms with van der Waals surface area (Å²) in [4.78, 5) is 26.3. The minimum Gasteiger partial charge on any atom is -0.378 e. The molecule has 5 heterocycles. The third-order valence-electron chi connectivity index (χ3n) is 9.91. The largest absolute Gasteiger partial charge is 0.378 e. The van der Waals surface area contributed by atoms with Crippen LogP contribution in [0.4, 0.5) is 0 Å². The van der Waals surface area contributed by atoms with Crippen molar-refractivity contribution in [1.82, 2.24) is 24.6 Å². The van der Waals surface area contributed by atoms with E-state index in [1.54, 1.807) is 18.3 Å². The Balaban J connectivity index is 1.24. The number of halogens is 1. The predicted molar refractivity (Wildman–Crippen MR) is 192 cm³/mol. The van der Waals surface area contributed by atoms with Crippen LogP contribution >= 0.6 is 22.9 Å². The summed E-state index contributed by atoms with van der Waals surface area (Å²) >= 11 is 7.95. The second-order valence-corrected chi connectivity index (χ2v) is 16.1. The van der Waals surface area contributed by atoms with E-state index in [4.69, 9.17) is 36.1 Å². The normalized spacial score (nSPS) is 18.9. The van der Waals surface area contributed by atoms with Gasteiger partial charge in [0.05, 0.1) is 58.0 Å². The highest BCUT2D eigenvalue weighted by molar-refractivity contribution is 7.22. The van der Waals surface area contributed by atoms with Crippen molar-refractivity contribution in [2.24, 2.45) is 0 Å². The molecule has 1 atom stereocenters. The maximum Gasteiger partial charge on any atom is 0.163 e. The molecule has 1 saturated carbocycles. The van der Waals surface area contributed by atoms with Crippen LogP contribution < -0.4 is 0 Å². The van der Waals surface area contributed by atoms with Crippen LogP contribution in [0.3, 0.4) is 0 Å². The third-order valence-corrected chi connectivity index (χ3v) is 11.3. The maximum absolute atomic E-state index is 13.2. The van der Waals surface area contributed by atoms with Gasteiger partial charge in [-0.1, -0.05) is 23.7 Å². The quantitative estimate of drug-likeness (QED) is 0.162. The molecule has 0 bridgehead atoms. The van der Waals surface area contributed by atoms with Crippen LogP contribution in [0.2, 0.25) is 5.02 Å². The molecule has 2 aromatic carbocycles. The number of benzene rings is 2. The van der Waals surface area contributed by atoms with Crippen molar-refractivity contribution in [3.8, 4) is 21.8 Å². The Morgan fingerprint density at radius 2 is 1.75 bits per heavy atom. The third kappa shape index (κ3) is 5.98. The van der Waals surface area contributed by atoms with Gasteiger partial charge in [-0.25, -0.2) is 9.97 Å². The number of ketones is 1. The van der Waals surface area contributed by atoms with Crippen molar-refractivity contribution in [1.29, 1.82) is 0 Å². The lowest BCUT2D eigenvalue weighted by atomic mass is 9.90. The zero-order valence-electron chi connectivity index (χ0n) is 28.3. The van der Waals surface area contributed by atoms with Crippen LogP contribution in [0.25, 0.3) is 43.1 Å². The van der Waals surface area contributed by atoms with Gasteiger partial charge in [-0.15, -0.1) is 11.3 Å². The number of ether oxygens (including phenoxy) is 2.